The van der Waals surface area contributed by atoms with Gasteiger partial charge >= 0.3 is 0 Å². The van der Waals surface area contributed by atoms with Gasteiger partial charge in [0, 0.05) is 12.5 Å². The maximum Gasteiger partial charge on any atom is 0.00866 e. The van der Waals surface area contributed by atoms with Gasteiger partial charge in [0.1, 0.15) is 0 Å². The summed E-state index contributed by atoms with van der Waals surface area (Å²) < 4.78 is 0. The Morgan fingerprint density at radius 2 is 1.94 bits per heavy atom. The minimum atomic E-state index is 0.438. The molecule has 0 rings (SSSR count). The zero-order valence-electron chi connectivity index (χ0n) is 13.2. The molecule has 0 saturated heterocycles. The first-order valence-corrected chi connectivity index (χ1v) is 7.56. The van der Waals surface area contributed by atoms with E-state index in [-0.39, 0.29) is 0 Å². The van der Waals surface area contributed by atoms with Crippen molar-refractivity contribution in [2.45, 2.75) is 79.2 Å². The molecule has 0 heterocycles. The van der Waals surface area contributed by atoms with Crippen molar-refractivity contribution < 1.29 is 0 Å². The Morgan fingerprint density at radius 1 is 1.28 bits per heavy atom. The average Bonchev–Trinajstić information content (AvgIpc) is 2.23. The van der Waals surface area contributed by atoms with Gasteiger partial charge in [-0.05, 0) is 50.0 Å². The lowest BCUT2D eigenvalue weighted by atomic mass is 9.82. The SMILES string of the molecule is C#CCCCC(CC(C)CC(C)(C)C)NCCC. The lowest BCUT2D eigenvalue weighted by molar-refractivity contribution is 0.269. The highest BCUT2D eigenvalue weighted by Crippen LogP contribution is 2.27. The van der Waals surface area contributed by atoms with Crippen LogP contribution < -0.4 is 5.32 Å². The van der Waals surface area contributed by atoms with Crippen molar-refractivity contribution in [2.75, 3.05) is 6.54 Å². The lowest BCUT2D eigenvalue weighted by Crippen LogP contribution is -2.32. The van der Waals surface area contributed by atoms with E-state index in [9.17, 15) is 0 Å². The topological polar surface area (TPSA) is 12.0 Å². The van der Waals surface area contributed by atoms with Gasteiger partial charge < -0.3 is 5.32 Å². The number of unbranched alkanes of at least 4 members (excludes halogenated alkanes) is 1. The third kappa shape index (κ3) is 10.7. The van der Waals surface area contributed by atoms with Crippen LogP contribution in [0.1, 0.15) is 73.1 Å². The first-order chi connectivity index (χ1) is 8.39. The predicted octanol–water partition coefficient (Wildman–Crippen LogP) is 4.62. The molecule has 0 aromatic heterocycles. The molecule has 0 spiro atoms. The van der Waals surface area contributed by atoms with E-state index in [0.29, 0.717) is 11.5 Å². The zero-order valence-corrected chi connectivity index (χ0v) is 13.2. The fourth-order valence-corrected chi connectivity index (χ4v) is 2.72. The summed E-state index contributed by atoms with van der Waals surface area (Å²) in [6.45, 7) is 12.7. The molecule has 18 heavy (non-hydrogen) atoms. The largest absolute Gasteiger partial charge is 0.314 e. The van der Waals surface area contributed by atoms with Gasteiger partial charge in [0.15, 0.2) is 0 Å². The third-order valence-corrected chi connectivity index (χ3v) is 3.20. The third-order valence-electron chi connectivity index (χ3n) is 3.20. The Labute approximate surface area is 115 Å². The summed E-state index contributed by atoms with van der Waals surface area (Å²) in [6, 6.07) is 0.649. The lowest BCUT2D eigenvalue weighted by Gasteiger charge is -2.27. The zero-order chi connectivity index (χ0) is 14.0. The molecular weight excluding hydrogens is 218 g/mol. The second-order valence-corrected chi connectivity index (χ2v) is 6.85. The molecule has 0 aromatic rings. The molecule has 2 unspecified atom stereocenters. The van der Waals surface area contributed by atoms with Gasteiger partial charge in [-0.3, -0.25) is 0 Å². The summed E-state index contributed by atoms with van der Waals surface area (Å²) in [7, 11) is 0. The van der Waals surface area contributed by atoms with Crippen molar-refractivity contribution in [1.82, 2.24) is 5.32 Å². The normalized spacial score (nSPS) is 15.1. The van der Waals surface area contributed by atoms with Crippen molar-refractivity contribution in [2.24, 2.45) is 11.3 Å². The monoisotopic (exact) mass is 251 g/mol. The first kappa shape index (κ1) is 17.5. The van der Waals surface area contributed by atoms with Crippen LogP contribution in [0.4, 0.5) is 0 Å². The van der Waals surface area contributed by atoms with Crippen molar-refractivity contribution in [3.8, 4) is 12.3 Å². The summed E-state index contributed by atoms with van der Waals surface area (Å²) in [4.78, 5) is 0. The molecule has 1 heteroatoms. The Bertz CT molecular complexity index is 231. The van der Waals surface area contributed by atoms with Gasteiger partial charge in [0.05, 0.1) is 0 Å². The van der Waals surface area contributed by atoms with Crippen LogP contribution in [0, 0.1) is 23.7 Å². The summed E-state index contributed by atoms with van der Waals surface area (Å²) in [5.41, 5.74) is 0.438. The molecule has 0 aromatic carbocycles. The molecule has 0 aliphatic heterocycles. The quantitative estimate of drug-likeness (QED) is 0.466. The summed E-state index contributed by atoms with van der Waals surface area (Å²) in [5.74, 6) is 3.53. The van der Waals surface area contributed by atoms with Gasteiger partial charge in [-0.2, -0.15) is 0 Å². The Kier molecular flexibility index (Phi) is 9.20. The Hall–Kier alpha value is -0.480. The van der Waals surface area contributed by atoms with Gasteiger partial charge in [-0.1, -0.05) is 34.6 Å². The maximum absolute atomic E-state index is 5.33. The standard InChI is InChI=1S/C17H33N/c1-7-9-10-11-16(18-12-8-2)13-15(3)14-17(4,5)6/h1,15-16,18H,8-14H2,2-6H3. The molecule has 0 fully saturated rings. The van der Waals surface area contributed by atoms with Gasteiger partial charge in [-0.25, -0.2) is 0 Å². The number of terminal acetylenes is 1. The van der Waals surface area contributed by atoms with E-state index in [4.69, 9.17) is 6.42 Å². The molecule has 0 bridgehead atoms. The van der Waals surface area contributed by atoms with E-state index in [1.54, 1.807) is 0 Å². The predicted molar refractivity (Wildman–Crippen MR) is 82.6 cm³/mol. The van der Waals surface area contributed by atoms with Crippen LogP contribution in [0.2, 0.25) is 0 Å². The molecule has 106 valence electrons. The van der Waals surface area contributed by atoms with Crippen LogP contribution in [0.25, 0.3) is 0 Å². The highest BCUT2D eigenvalue weighted by atomic mass is 14.9. The second-order valence-electron chi connectivity index (χ2n) is 6.85. The van der Waals surface area contributed by atoms with Gasteiger partial charge in [-0.15, -0.1) is 12.3 Å². The molecule has 0 aliphatic carbocycles. The molecule has 0 amide bonds. The highest BCUT2D eigenvalue weighted by molar-refractivity contribution is 4.84. The smallest absolute Gasteiger partial charge is 0.00866 e. The molecule has 0 aliphatic rings. The van der Waals surface area contributed by atoms with Crippen LogP contribution >= 0.6 is 0 Å². The first-order valence-electron chi connectivity index (χ1n) is 7.56. The molecule has 0 saturated carbocycles. The van der Waals surface area contributed by atoms with Crippen LogP contribution in [0.15, 0.2) is 0 Å². The molecule has 2 atom stereocenters. The van der Waals surface area contributed by atoms with E-state index >= 15 is 0 Å². The minimum Gasteiger partial charge on any atom is -0.314 e. The Morgan fingerprint density at radius 3 is 2.44 bits per heavy atom. The van der Waals surface area contributed by atoms with Crippen molar-refractivity contribution >= 4 is 0 Å². The van der Waals surface area contributed by atoms with Crippen LogP contribution in [0.3, 0.4) is 0 Å². The van der Waals surface area contributed by atoms with E-state index in [2.05, 4.69) is 45.9 Å². The summed E-state index contributed by atoms with van der Waals surface area (Å²) >= 11 is 0. The molecular formula is C17H33N. The number of hydrogen-bond donors (Lipinski definition) is 1. The van der Waals surface area contributed by atoms with Crippen LogP contribution in [0.5, 0.6) is 0 Å². The maximum atomic E-state index is 5.33. The molecule has 0 radical (unpaired) electrons. The van der Waals surface area contributed by atoms with E-state index in [0.717, 1.165) is 25.3 Å². The Balaban J connectivity index is 4.08. The van der Waals surface area contributed by atoms with Crippen molar-refractivity contribution in [3.63, 3.8) is 0 Å². The average molecular weight is 251 g/mol. The molecule has 1 N–H and O–H groups in total. The number of rotatable bonds is 9. The minimum absolute atomic E-state index is 0.438. The summed E-state index contributed by atoms with van der Waals surface area (Å²) in [5, 5.41) is 3.68. The van der Waals surface area contributed by atoms with Crippen LogP contribution in [-0.4, -0.2) is 12.6 Å². The fraction of sp³-hybridized carbons (Fsp3) is 0.882. The second kappa shape index (κ2) is 9.45. The summed E-state index contributed by atoms with van der Waals surface area (Å²) in [6.07, 6.45) is 12.4. The fourth-order valence-electron chi connectivity index (χ4n) is 2.72. The van der Waals surface area contributed by atoms with E-state index < -0.39 is 0 Å². The molecule has 1 nitrogen and oxygen atoms in total. The van der Waals surface area contributed by atoms with Crippen LogP contribution in [-0.2, 0) is 0 Å². The van der Waals surface area contributed by atoms with E-state index in [1.165, 1.54) is 25.7 Å². The van der Waals surface area contributed by atoms with Crippen molar-refractivity contribution in [1.29, 1.82) is 0 Å². The van der Waals surface area contributed by atoms with E-state index in [1.807, 2.05) is 0 Å². The number of nitrogens with one attached hydrogen (secondary N) is 1. The van der Waals surface area contributed by atoms with Gasteiger partial charge in [0.25, 0.3) is 0 Å². The highest BCUT2D eigenvalue weighted by Gasteiger charge is 2.18. The number of hydrogen-bond acceptors (Lipinski definition) is 1. The van der Waals surface area contributed by atoms with Gasteiger partial charge in [0.2, 0.25) is 0 Å². The van der Waals surface area contributed by atoms with Crippen molar-refractivity contribution in [3.05, 3.63) is 0 Å².